The molecule has 5 heterocycles. The van der Waals surface area contributed by atoms with Gasteiger partial charge in [-0.1, -0.05) is 55.7 Å². The number of nitrogens with one attached hydrogen (secondary N) is 2. The number of piperidine rings is 3. The average Bonchev–Trinajstić information content (AvgIpc) is 3.42. The normalized spacial score (nSPS) is 20.3. The third kappa shape index (κ3) is 13.1. The Balaban J connectivity index is 0.715. The molecule has 1 saturated carbocycles. The molecular formula is C57H72F2N8O8. The van der Waals surface area contributed by atoms with E-state index in [0.717, 1.165) is 44.9 Å². The molecule has 5 aliphatic rings. The van der Waals surface area contributed by atoms with Crippen LogP contribution in [0.5, 0.6) is 0 Å². The number of hydrogen-bond donors (Lipinski definition) is 2. The number of likely N-dealkylation sites (tertiary alicyclic amines) is 3. The minimum Gasteiger partial charge on any atom is -0.444 e. The van der Waals surface area contributed by atoms with Crippen LogP contribution in [0.4, 0.5) is 13.6 Å². The average molecular weight is 1040 g/mol. The van der Waals surface area contributed by atoms with Gasteiger partial charge in [0, 0.05) is 83.2 Å². The standard InChI is InChI=1S/C57H72F2N8O8/c1-57(2,3)75-56(73)67-24-10-13-39(35-67)42-16-9-17-45(50(42)59)52(69)60-51(38-11-5-4-6-12-38)55(72)65-27-22-41(23-28-65)74-40-20-25-63(26-21-40)36-49(68)64-29-31-66(32-30-64)54(71)46-33-37(18-19-47(46)58)34-48-43-14-7-8-15-44(43)53(70)62-61-48/h7-9,14-19,33,38-41,51H,4-6,10-13,20-32,34-36H2,1-3H3,(H,60,69)(H,62,70)/t39?,51-/m1/s1. The van der Waals surface area contributed by atoms with Crippen molar-refractivity contribution in [2.75, 3.05) is 72.0 Å². The van der Waals surface area contributed by atoms with Crippen LogP contribution in [-0.2, 0) is 25.5 Å². The number of fused-ring (bicyclic) bond motifs is 1. The fourth-order valence-corrected chi connectivity index (χ4v) is 11.7. The molecule has 18 heteroatoms. The largest absolute Gasteiger partial charge is 0.444 e. The number of H-pyrrole nitrogens is 1. The summed E-state index contributed by atoms with van der Waals surface area (Å²) in [6.45, 7) is 10.1. The third-order valence-electron chi connectivity index (χ3n) is 15.8. The van der Waals surface area contributed by atoms with Crippen LogP contribution in [0.2, 0.25) is 0 Å². The highest BCUT2D eigenvalue weighted by atomic mass is 19.1. The van der Waals surface area contributed by atoms with Gasteiger partial charge in [-0.3, -0.25) is 28.9 Å². The fraction of sp³-hybridized carbons (Fsp3) is 0.561. The molecule has 4 aliphatic heterocycles. The molecule has 3 aromatic carbocycles. The maximum atomic E-state index is 16.4. The number of carbonyl (C=O) groups excluding carboxylic acids is 5. The predicted octanol–water partition coefficient (Wildman–Crippen LogP) is 7.04. The molecule has 402 valence electrons. The van der Waals surface area contributed by atoms with Gasteiger partial charge in [-0.25, -0.2) is 18.7 Å². The summed E-state index contributed by atoms with van der Waals surface area (Å²) in [7, 11) is 0. The number of ether oxygens (including phenoxy) is 2. The van der Waals surface area contributed by atoms with Gasteiger partial charge in [-0.15, -0.1) is 0 Å². The molecule has 0 spiro atoms. The number of carbonyl (C=O) groups is 5. The van der Waals surface area contributed by atoms with Crippen molar-refractivity contribution in [2.24, 2.45) is 5.92 Å². The van der Waals surface area contributed by atoms with Crippen molar-refractivity contribution in [1.82, 2.24) is 40.0 Å². The van der Waals surface area contributed by atoms with Crippen LogP contribution in [0, 0.1) is 17.6 Å². The summed E-state index contributed by atoms with van der Waals surface area (Å²) < 4.78 is 43.7. The second-order valence-corrected chi connectivity index (χ2v) is 22.2. The fourth-order valence-electron chi connectivity index (χ4n) is 11.7. The van der Waals surface area contributed by atoms with Crippen LogP contribution in [0.15, 0.2) is 65.5 Å². The van der Waals surface area contributed by atoms with E-state index in [2.05, 4.69) is 20.4 Å². The Morgan fingerprint density at radius 3 is 2.11 bits per heavy atom. The number of halogens is 2. The van der Waals surface area contributed by atoms with E-state index in [9.17, 15) is 28.8 Å². The second-order valence-electron chi connectivity index (χ2n) is 22.2. The topological polar surface area (TPSA) is 178 Å². The highest BCUT2D eigenvalue weighted by molar-refractivity contribution is 5.98. The molecule has 75 heavy (non-hydrogen) atoms. The van der Waals surface area contributed by atoms with Crippen molar-refractivity contribution in [3.8, 4) is 0 Å². The first-order chi connectivity index (χ1) is 36.1. The summed E-state index contributed by atoms with van der Waals surface area (Å²) in [5, 5.41) is 11.0. The zero-order valence-electron chi connectivity index (χ0n) is 43.6. The first kappa shape index (κ1) is 53.6. The van der Waals surface area contributed by atoms with Crippen molar-refractivity contribution in [1.29, 1.82) is 0 Å². The summed E-state index contributed by atoms with van der Waals surface area (Å²) in [5.41, 5.74) is 0.581. The summed E-state index contributed by atoms with van der Waals surface area (Å²) >= 11 is 0. The molecule has 1 aliphatic carbocycles. The van der Waals surface area contributed by atoms with E-state index in [4.69, 9.17) is 9.47 Å². The molecule has 0 radical (unpaired) electrons. The van der Waals surface area contributed by atoms with Gasteiger partial charge in [0.2, 0.25) is 11.8 Å². The number of aromatic nitrogens is 2. The molecule has 1 aromatic heterocycles. The van der Waals surface area contributed by atoms with Crippen LogP contribution < -0.4 is 10.9 Å². The highest BCUT2D eigenvalue weighted by Gasteiger charge is 2.38. The van der Waals surface area contributed by atoms with Crippen molar-refractivity contribution >= 4 is 40.5 Å². The predicted molar refractivity (Wildman–Crippen MR) is 278 cm³/mol. The van der Waals surface area contributed by atoms with Gasteiger partial charge in [0.1, 0.15) is 23.3 Å². The zero-order chi connectivity index (χ0) is 52.8. The van der Waals surface area contributed by atoms with Crippen molar-refractivity contribution in [3.05, 3.63) is 111 Å². The zero-order valence-corrected chi connectivity index (χ0v) is 43.6. The molecule has 16 nitrogen and oxygen atoms in total. The van der Waals surface area contributed by atoms with Gasteiger partial charge >= 0.3 is 6.09 Å². The van der Waals surface area contributed by atoms with Crippen molar-refractivity contribution < 1.29 is 42.2 Å². The number of aromatic amines is 1. The van der Waals surface area contributed by atoms with Crippen LogP contribution in [0.3, 0.4) is 0 Å². The smallest absolute Gasteiger partial charge is 0.410 e. The summed E-state index contributed by atoms with van der Waals surface area (Å²) in [5.74, 6) is -2.79. The van der Waals surface area contributed by atoms with Crippen LogP contribution >= 0.6 is 0 Å². The van der Waals surface area contributed by atoms with Crippen LogP contribution in [0.25, 0.3) is 10.8 Å². The van der Waals surface area contributed by atoms with E-state index in [-0.39, 0.29) is 78.7 Å². The van der Waals surface area contributed by atoms with Crippen LogP contribution in [-0.4, -0.2) is 160 Å². The number of benzene rings is 3. The lowest BCUT2D eigenvalue weighted by molar-refractivity contribution is -0.140. The van der Waals surface area contributed by atoms with E-state index in [1.165, 1.54) is 12.1 Å². The molecule has 1 unspecified atom stereocenters. The molecule has 0 bridgehead atoms. The molecule has 4 saturated heterocycles. The molecule has 4 aromatic rings. The lowest BCUT2D eigenvalue weighted by Gasteiger charge is -2.40. The Bertz CT molecular complexity index is 2770. The minimum absolute atomic E-state index is 0.0127. The number of hydrogen-bond acceptors (Lipinski definition) is 10. The SMILES string of the molecule is CC(C)(C)OC(=O)N1CCCC(c2cccc(C(=O)N[C@@H](C(=O)N3CCC(OC4CCN(CC(=O)N5CCN(C(=O)c6cc(Cc7n[nH]c(=O)c8ccccc78)ccc6F)CC5)CC4)CC3)C3CCCCC3)c2F)C1. The number of piperazine rings is 1. The van der Waals surface area contributed by atoms with E-state index in [0.29, 0.717) is 106 Å². The first-order valence-corrected chi connectivity index (χ1v) is 27.1. The summed E-state index contributed by atoms with van der Waals surface area (Å²) in [6.07, 6.45) is 8.68. The molecule has 2 atom stereocenters. The monoisotopic (exact) mass is 1030 g/mol. The van der Waals surface area contributed by atoms with E-state index in [1.54, 1.807) is 51.1 Å². The van der Waals surface area contributed by atoms with Gasteiger partial charge < -0.3 is 34.4 Å². The quantitative estimate of drug-likeness (QED) is 0.150. The lowest BCUT2D eigenvalue weighted by atomic mass is 9.83. The maximum absolute atomic E-state index is 16.4. The van der Waals surface area contributed by atoms with Gasteiger partial charge in [0.25, 0.3) is 17.4 Å². The number of rotatable bonds is 12. The third-order valence-corrected chi connectivity index (χ3v) is 15.8. The molecular weight excluding hydrogens is 963 g/mol. The molecule has 5 fully saturated rings. The Morgan fingerprint density at radius 2 is 1.40 bits per heavy atom. The highest BCUT2D eigenvalue weighted by Crippen LogP contribution is 2.33. The Kier molecular flexibility index (Phi) is 16.9. The van der Waals surface area contributed by atoms with Gasteiger partial charge in [0.05, 0.1) is 41.0 Å². The van der Waals surface area contributed by atoms with Gasteiger partial charge in [-0.2, -0.15) is 5.10 Å². The van der Waals surface area contributed by atoms with E-state index in [1.807, 2.05) is 37.8 Å². The van der Waals surface area contributed by atoms with Crippen LogP contribution in [0.1, 0.15) is 135 Å². The maximum Gasteiger partial charge on any atom is 0.410 e. The molecule has 2 N–H and O–H groups in total. The summed E-state index contributed by atoms with van der Waals surface area (Å²) in [6, 6.07) is 15.6. The summed E-state index contributed by atoms with van der Waals surface area (Å²) in [4.78, 5) is 89.5. The van der Waals surface area contributed by atoms with Crippen molar-refractivity contribution in [2.45, 2.75) is 128 Å². The van der Waals surface area contributed by atoms with Gasteiger partial charge in [-0.05, 0) is 113 Å². The Morgan fingerprint density at radius 1 is 0.720 bits per heavy atom. The Hall–Kier alpha value is -6.27. The number of amides is 5. The van der Waals surface area contributed by atoms with E-state index >= 15 is 8.78 Å². The Labute approximate surface area is 437 Å². The number of nitrogens with zero attached hydrogens (tertiary/aromatic N) is 6. The van der Waals surface area contributed by atoms with Crippen molar-refractivity contribution in [3.63, 3.8) is 0 Å². The minimum atomic E-state index is -0.775. The first-order valence-electron chi connectivity index (χ1n) is 27.1. The van der Waals surface area contributed by atoms with Gasteiger partial charge in [0.15, 0.2) is 0 Å². The van der Waals surface area contributed by atoms with E-state index < -0.39 is 41.2 Å². The molecule has 9 rings (SSSR count). The molecule has 5 amide bonds. The lowest BCUT2D eigenvalue weighted by Crippen LogP contribution is -2.55. The second kappa shape index (κ2) is 23.7.